The summed E-state index contributed by atoms with van der Waals surface area (Å²) in [5.74, 6) is 0. The second-order valence-corrected chi connectivity index (χ2v) is 5.43. The van der Waals surface area contributed by atoms with Crippen molar-refractivity contribution < 1.29 is 12.6 Å². The van der Waals surface area contributed by atoms with Crippen molar-refractivity contribution in [3.8, 4) is 0 Å². The highest BCUT2D eigenvalue weighted by molar-refractivity contribution is 9.10. The van der Waals surface area contributed by atoms with Gasteiger partial charge in [-0.2, -0.15) is 8.42 Å². The minimum absolute atomic E-state index is 0.00903. The Bertz CT molecular complexity index is 359. The van der Waals surface area contributed by atoms with Gasteiger partial charge in [0, 0.05) is 5.38 Å². The van der Waals surface area contributed by atoms with E-state index in [0.29, 0.717) is 9.61 Å². The number of hydrogen-bond donors (Lipinski definition) is 0. The first-order chi connectivity index (χ1) is 5.47. The zero-order valence-corrected chi connectivity index (χ0v) is 9.37. The van der Waals surface area contributed by atoms with Crippen LogP contribution in [0.15, 0.2) is 9.98 Å². The Morgan fingerprint density at radius 3 is 2.83 bits per heavy atom. The molecule has 0 atom stereocenters. The van der Waals surface area contributed by atoms with Gasteiger partial charge in [-0.1, -0.05) is 0 Å². The van der Waals surface area contributed by atoms with E-state index in [1.54, 1.807) is 5.38 Å². The zero-order chi connectivity index (χ0) is 9.19. The minimum Gasteiger partial charge on any atom is -0.263 e. The fourth-order valence-corrected chi connectivity index (χ4v) is 2.09. The molecule has 0 N–H and O–H groups in total. The summed E-state index contributed by atoms with van der Waals surface area (Å²) in [4.78, 5) is 3.96. The van der Waals surface area contributed by atoms with Gasteiger partial charge in [0.25, 0.3) is 10.1 Å². The minimum atomic E-state index is -3.36. The molecule has 0 bridgehead atoms. The maximum Gasteiger partial charge on any atom is 0.264 e. The summed E-state index contributed by atoms with van der Waals surface area (Å²) in [7, 11) is -3.36. The molecule has 1 heterocycles. The van der Waals surface area contributed by atoms with Crippen molar-refractivity contribution >= 4 is 37.4 Å². The molecule has 0 unspecified atom stereocenters. The molecule has 12 heavy (non-hydrogen) atoms. The molecule has 0 saturated heterocycles. The molecule has 1 aromatic heterocycles. The first kappa shape index (κ1) is 10.1. The van der Waals surface area contributed by atoms with Gasteiger partial charge in [-0.25, -0.2) is 4.98 Å². The lowest BCUT2D eigenvalue weighted by Gasteiger charge is -1.95. The molecule has 0 aliphatic carbocycles. The van der Waals surface area contributed by atoms with Crippen LogP contribution in [0.1, 0.15) is 5.01 Å². The molecule has 68 valence electrons. The third-order valence-corrected chi connectivity index (χ3v) is 3.00. The Kier molecular flexibility index (Phi) is 3.22. The smallest absolute Gasteiger partial charge is 0.263 e. The van der Waals surface area contributed by atoms with Crippen LogP contribution in [0.4, 0.5) is 0 Å². The first-order valence-corrected chi connectivity index (χ1v) is 6.40. The summed E-state index contributed by atoms with van der Waals surface area (Å²) in [6.45, 7) is 0.00903. The van der Waals surface area contributed by atoms with Gasteiger partial charge in [0.15, 0.2) is 0 Å². The van der Waals surface area contributed by atoms with Crippen LogP contribution < -0.4 is 0 Å². The molecule has 4 nitrogen and oxygen atoms in total. The van der Waals surface area contributed by atoms with Crippen molar-refractivity contribution in [3.63, 3.8) is 0 Å². The molecule has 0 aliphatic heterocycles. The van der Waals surface area contributed by atoms with Crippen LogP contribution in [-0.2, 0) is 20.9 Å². The lowest BCUT2D eigenvalue weighted by Crippen LogP contribution is -2.02. The molecule has 1 rings (SSSR count). The van der Waals surface area contributed by atoms with E-state index in [0.717, 1.165) is 6.26 Å². The van der Waals surface area contributed by atoms with Gasteiger partial charge in [0.1, 0.15) is 16.2 Å². The maximum atomic E-state index is 10.6. The van der Waals surface area contributed by atoms with E-state index < -0.39 is 10.1 Å². The Balaban J connectivity index is 2.55. The Morgan fingerprint density at radius 2 is 2.42 bits per heavy atom. The summed E-state index contributed by atoms with van der Waals surface area (Å²) in [6, 6.07) is 0. The van der Waals surface area contributed by atoms with Crippen molar-refractivity contribution in [1.82, 2.24) is 4.98 Å². The van der Waals surface area contributed by atoms with E-state index in [1.165, 1.54) is 11.3 Å². The third kappa shape index (κ3) is 3.61. The van der Waals surface area contributed by atoms with Gasteiger partial charge in [-0.05, 0) is 15.9 Å². The van der Waals surface area contributed by atoms with E-state index in [1.807, 2.05) is 0 Å². The van der Waals surface area contributed by atoms with Gasteiger partial charge in [0.2, 0.25) is 0 Å². The van der Waals surface area contributed by atoms with Crippen LogP contribution >= 0.6 is 27.3 Å². The Labute approximate surface area is 82.8 Å². The molecule has 7 heteroatoms. The lowest BCUT2D eigenvalue weighted by atomic mass is 10.8. The van der Waals surface area contributed by atoms with Gasteiger partial charge >= 0.3 is 0 Å². The highest BCUT2D eigenvalue weighted by Gasteiger charge is 2.05. The summed E-state index contributed by atoms with van der Waals surface area (Å²) in [5.41, 5.74) is 0. The fourth-order valence-electron chi connectivity index (χ4n) is 0.512. The normalized spacial score (nSPS) is 11.8. The van der Waals surface area contributed by atoms with Gasteiger partial charge < -0.3 is 0 Å². The molecule has 0 fully saturated rings. The van der Waals surface area contributed by atoms with Gasteiger partial charge in [0.05, 0.1) is 6.26 Å². The van der Waals surface area contributed by atoms with E-state index in [2.05, 4.69) is 25.1 Å². The average molecular weight is 272 g/mol. The number of thiazole rings is 1. The quantitative estimate of drug-likeness (QED) is 0.780. The second kappa shape index (κ2) is 3.82. The van der Waals surface area contributed by atoms with Gasteiger partial charge in [-0.3, -0.25) is 4.18 Å². The molecular formula is C5H6BrNO3S2. The third-order valence-electron chi connectivity index (χ3n) is 0.920. The number of rotatable bonds is 3. The summed E-state index contributed by atoms with van der Waals surface area (Å²) in [5, 5.41) is 2.40. The van der Waals surface area contributed by atoms with Crippen molar-refractivity contribution in [1.29, 1.82) is 0 Å². The Morgan fingerprint density at radius 1 is 1.75 bits per heavy atom. The molecule has 0 radical (unpaired) electrons. The van der Waals surface area contributed by atoms with Crippen LogP contribution in [0, 0.1) is 0 Å². The zero-order valence-electron chi connectivity index (χ0n) is 6.15. The molecule has 1 aromatic rings. The van der Waals surface area contributed by atoms with Crippen LogP contribution in [0.2, 0.25) is 0 Å². The van der Waals surface area contributed by atoms with Gasteiger partial charge in [-0.15, -0.1) is 11.3 Å². The van der Waals surface area contributed by atoms with Crippen molar-refractivity contribution in [2.75, 3.05) is 6.26 Å². The van der Waals surface area contributed by atoms with Crippen LogP contribution in [0.3, 0.4) is 0 Å². The first-order valence-electron chi connectivity index (χ1n) is 2.92. The van der Waals surface area contributed by atoms with Crippen LogP contribution in [0.5, 0.6) is 0 Å². The predicted octanol–water partition coefficient (Wildman–Crippen LogP) is 1.38. The largest absolute Gasteiger partial charge is 0.264 e. The molecule has 0 amide bonds. The van der Waals surface area contributed by atoms with Crippen molar-refractivity contribution in [3.05, 3.63) is 15.0 Å². The number of aromatic nitrogens is 1. The highest BCUT2D eigenvalue weighted by atomic mass is 79.9. The van der Waals surface area contributed by atoms with Crippen LogP contribution in [-0.4, -0.2) is 19.7 Å². The molecule has 0 aliphatic rings. The van der Waals surface area contributed by atoms with Crippen molar-refractivity contribution in [2.24, 2.45) is 0 Å². The molecule has 0 saturated carbocycles. The Hall–Kier alpha value is 0.0200. The standard InChI is InChI=1S/C5H6BrNO3S2/c1-12(8,9)10-2-5-7-4(6)3-11-5/h3H,2H2,1H3. The maximum absolute atomic E-state index is 10.6. The van der Waals surface area contributed by atoms with E-state index in [9.17, 15) is 8.42 Å². The fraction of sp³-hybridized carbons (Fsp3) is 0.400. The number of halogens is 1. The summed E-state index contributed by atoms with van der Waals surface area (Å²) in [6.07, 6.45) is 1.01. The van der Waals surface area contributed by atoms with Crippen LogP contribution in [0.25, 0.3) is 0 Å². The number of hydrogen-bond acceptors (Lipinski definition) is 5. The van der Waals surface area contributed by atoms with E-state index >= 15 is 0 Å². The second-order valence-electron chi connectivity index (χ2n) is 2.03. The number of nitrogens with zero attached hydrogens (tertiary/aromatic N) is 1. The van der Waals surface area contributed by atoms with E-state index in [-0.39, 0.29) is 6.61 Å². The molecular weight excluding hydrogens is 266 g/mol. The van der Waals surface area contributed by atoms with Crippen molar-refractivity contribution in [2.45, 2.75) is 6.61 Å². The lowest BCUT2D eigenvalue weighted by molar-refractivity contribution is 0.311. The van der Waals surface area contributed by atoms with E-state index in [4.69, 9.17) is 0 Å². The molecule has 0 spiro atoms. The molecule has 0 aromatic carbocycles. The summed E-state index contributed by atoms with van der Waals surface area (Å²) >= 11 is 4.49. The average Bonchev–Trinajstić information content (AvgIpc) is 2.30. The highest BCUT2D eigenvalue weighted by Crippen LogP contribution is 2.15. The summed E-state index contributed by atoms with van der Waals surface area (Å²) < 4.78 is 26.3. The predicted molar refractivity (Wildman–Crippen MR) is 49.4 cm³/mol. The topological polar surface area (TPSA) is 56.3 Å². The SMILES string of the molecule is CS(=O)(=O)OCc1nc(Br)cs1. The monoisotopic (exact) mass is 271 g/mol.